The van der Waals surface area contributed by atoms with E-state index in [9.17, 15) is 14.9 Å². The molecule has 0 bridgehead atoms. The molecule has 3 aromatic rings. The highest BCUT2D eigenvalue weighted by atomic mass is 79.9. The molecule has 0 aliphatic heterocycles. The van der Waals surface area contributed by atoms with Gasteiger partial charge in [0, 0.05) is 16.1 Å². The number of hydrogen-bond donors (Lipinski definition) is 2. The van der Waals surface area contributed by atoms with Gasteiger partial charge in [0.2, 0.25) is 0 Å². The van der Waals surface area contributed by atoms with Gasteiger partial charge in [-0.25, -0.2) is 4.79 Å². The van der Waals surface area contributed by atoms with Crippen molar-refractivity contribution in [3.63, 3.8) is 0 Å². The first-order valence-corrected chi connectivity index (χ1v) is 8.88. The van der Waals surface area contributed by atoms with Crippen molar-refractivity contribution in [3.8, 4) is 17.4 Å². The van der Waals surface area contributed by atoms with Crippen molar-refractivity contribution >= 4 is 39.6 Å². The minimum atomic E-state index is -1.01. The summed E-state index contributed by atoms with van der Waals surface area (Å²) in [6.45, 7) is 0. The van der Waals surface area contributed by atoms with E-state index in [1.54, 1.807) is 42.5 Å². The first-order chi connectivity index (χ1) is 13.5. The molecule has 0 aliphatic carbocycles. The molecule has 0 atom stereocenters. The molecule has 0 saturated carbocycles. The maximum absolute atomic E-state index is 12.4. The quantitative estimate of drug-likeness (QED) is 0.434. The van der Waals surface area contributed by atoms with E-state index >= 15 is 0 Å². The van der Waals surface area contributed by atoms with Gasteiger partial charge in [-0.15, -0.1) is 0 Å². The zero-order valence-corrected chi connectivity index (χ0v) is 15.9. The molecular formula is C21H13BrN2O4. The van der Waals surface area contributed by atoms with Gasteiger partial charge in [0.15, 0.2) is 0 Å². The number of nitrogens with one attached hydrogen (secondary N) is 1. The number of nitriles is 1. The molecular weight excluding hydrogens is 424 g/mol. The maximum atomic E-state index is 12.4. The Morgan fingerprint density at radius 3 is 2.43 bits per heavy atom. The fourth-order valence-corrected chi connectivity index (χ4v) is 2.79. The summed E-state index contributed by atoms with van der Waals surface area (Å²) in [5, 5.41) is 20.9. The highest BCUT2D eigenvalue weighted by Gasteiger charge is 2.13. The van der Waals surface area contributed by atoms with Crippen LogP contribution in [0.5, 0.6) is 0 Å². The van der Waals surface area contributed by atoms with Crippen LogP contribution in [-0.2, 0) is 4.79 Å². The second-order valence-corrected chi connectivity index (χ2v) is 6.54. The van der Waals surface area contributed by atoms with Crippen LogP contribution in [-0.4, -0.2) is 17.0 Å². The Bertz CT molecular complexity index is 1110. The zero-order valence-electron chi connectivity index (χ0n) is 14.3. The van der Waals surface area contributed by atoms with Crippen molar-refractivity contribution in [2.75, 3.05) is 5.32 Å². The van der Waals surface area contributed by atoms with E-state index in [2.05, 4.69) is 21.2 Å². The van der Waals surface area contributed by atoms with Crippen LogP contribution in [0.3, 0.4) is 0 Å². The summed E-state index contributed by atoms with van der Waals surface area (Å²) >= 11 is 3.33. The van der Waals surface area contributed by atoms with Crippen molar-refractivity contribution in [1.29, 1.82) is 5.26 Å². The Morgan fingerprint density at radius 2 is 1.79 bits per heavy atom. The fourth-order valence-electron chi connectivity index (χ4n) is 2.41. The number of para-hydroxylation sites is 1. The number of aromatic carboxylic acids is 1. The van der Waals surface area contributed by atoms with Gasteiger partial charge in [-0.05, 0) is 52.3 Å². The number of halogens is 1. The highest BCUT2D eigenvalue weighted by molar-refractivity contribution is 9.10. The molecule has 1 amide bonds. The Kier molecular flexibility index (Phi) is 5.72. The molecule has 2 aromatic carbocycles. The number of hydrogen-bond acceptors (Lipinski definition) is 4. The van der Waals surface area contributed by atoms with E-state index < -0.39 is 11.9 Å². The van der Waals surface area contributed by atoms with E-state index in [4.69, 9.17) is 9.52 Å². The summed E-state index contributed by atoms with van der Waals surface area (Å²) < 4.78 is 6.36. The van der Waals surface area contributed by atoms with Crippen molar-refractivity contribution < 1.29 is 19.1 Å². The van der Waals surface area contributed by atoms with Crippen LogP contribution in [0.1, 0.15) is 16.1 Å². The van der Waals surface area contributed by atoms with Crippen LogP contribution in [0, 0.1) is 11.3 Å². The third kappa shape index (κ3) is 4.37. The second kappa shape index (κ2) is 8.37. The monoisotopic (exact) mass is 436 g/mol. The maximum Gasteiger partial charge on any atom is 0.335 e. The minimum absolute atomic E-state index is 0.113. The second-order valence-electron chi connectivity index (χ2n) is 5.69. The number of carboxylic acids is 1. The Morgan fingerprint density at radius 1 is 1.07 bits per heavy atom. The van der Waals surface area contributed by atoms with E-state index in [1.165, 1.54) is 18.2 Å². The van der Waals surface area contributed by atoms with Gasteiger partial charge < -0.3 is 14.8 Å². The highest BCUT2D eigenvalue weighted by Crippen LogP contribution is 2.25. The number of benzene rings is 2. The molecule has 0 unspecified atom stereocenters. The molecule has 0 spiro atoms. The summed E-state index contributed by atoms with van der Waals surface area (Å²) in [7, 11) is 0. The number of nitrogens with zero attached hydrogens (tertiary/aromatic N) is 1. The topological polar surface area (TPSA) is 103 Å². The Balaban J connectivity index is 1.80. The number of rotatable bonds is 5. The van der Waals surface area contributed by atoms with Crippen LogP contribution < -0.4 is 5.32 Å². The van der Waals surface area contributed by atoms with Crippen LogP contribution >= 0.6 is 15.9 Å². The zero-order chi connectivity index (χ0) is 20.1. The lowest BCUT2D eigenvalue weighted by Crippen LogP contribution is -2.13. The average molecular weight is 437 g/mol. The van der Waals surface area contributed by atoms with Crippen LogP contribution in [0.4, 0.5) is 5.69 Å². The van der Waals surface area contributed by atoms with Crippen molar-refractivity contribution in [1.82, 2.24) is 0 Å². The van der Waals surface area contributed by atoms with E-state index in [1.807, 2.05) is 12.1 Å². The summed E-state index contributed by atoms with van der Waals surface area (Å²) in [6.07, 6.45) is 1.35. The number of carbonyl (C=O) groups excluding carboxylic acids is 1. The fraction of sp³-hybridized carbons (Fsp3) is 0. The first kappa shape index (κ1) is 19.1. The van der Waals surface area contributed by atoms with Crippen LogP contribution in [0.2, 0.25) is 0 Å². The average Bonchev–Trinajstić information content (AvgIpc) is 3.16. The molecule has 7 heteroatoms. The van der Waals surface area contributed by atoms with Gasteiger partial charge in [-0.2, -0.15) is 5.26 Å². The molecule has 0 saturated heterocycles. The van der Waals surface area contributed by atoms with Gasteiger partial charge in [0.25, 0.3) is 5.91 Å². The molecule has 6 nitrogen and oxygen atoms in total. The largest absolute Gasteiger partial charge is 0.478 e. The minimum Gasteiger partial charge on any atom is -0.478 e. The number of anilines is 1. The van der Waals surface area contributed by atoms with Gasteiger partial charge in [0.05, 0.1) is 11.3 Å². The number of furan rings is 1. The third-order valence-corrected chi connectivity index (χ3v) is 4.51. The molecule has 28 heavy (non-hydrogen) atoms. The van der Waals surface area contributed by atoms with Gasteiger partial charge in [-0.3, -0.25) is 4.79 Å². The molecule has 1 heterocycles. The predicted octanol–water partition coefficient (Wildman–Crippen LogP) is 4.95. The van der Waals surface area contributed by atoms with Crippen LogP contribution in [0.25, 0.3) is 17.4 Å². The molecule has 138 valence electrons. The standard InChI is InChI=1S/C21H13BrN2O4/c22-17-3-1-2-4-18(17)24-20(25)15(12-23)11-16-9-10-19(28-16)13-5-7-14(8-6-13)21(26)27/h1-11H,(H,24,25)(H,26,27)/b15-11+. The van der Waals surface area contributed by atoms with E-state index in [0.717, 1.165) is 0 Å². The van der Waals surface area contributed by atoms with Crippen molar-refractivity contribution in [2.24, 2.45) is 0 Å². The summed E-state index contributed by atoms with van der Waals surface area (Å²) in [4.78, 5) is 23.3. The molecule has 3 rings (SSSR count). The smallest absolute Gasteiger partial charge is 0.335 e. The number of carbonyl (C=O) groups is 2. The van der Waals surface area contributed by atoms with E-state index in [-0.39, 0.29) is 11.1 Å². The lowest BCUT2D eigenvalue weighted by atomic mass is 10.1. The molecule has 1 aromatic heterocycles. The molecule has 0 fully saturated rings. The Hall–Kier alpha value is -3.63. The van der Waals surface area contributed by atoms with Crippen molar-refractivity contribution in [3.05, 3.63) is 82.0 Å². The Labute approximate surface area is 168 Å². The normalized spacial score (nSPS) is 10.9. The summed E-state index contributed by atoms with van der Waals surface area (Å²) in [5.41, 5.74) is 1.29. The third-order valence-electron chi connectivity index (χ3n) is 3.82. The van der Waals surface area contributed by atoms with Crippen LogP contribution in [0.15, 0.2) is 75.1 Å². The van der Waals surface area contributed by atoms with E-state index in [0.29, 0.717) is 27.2 Å². The summed E-state index contributed by atoms with van der Waals surface area (Å²) in [5.74, 6) is -0.745. The molecule has 0 aliphatic rings. The number of amides is 1. The van der Waals surface area contributed by atoms with Gasteiger partial charge in [-0.1, -0.05) is 24.3 Å². The lowest BCUT2D eigenvalue weighted by Gasteiger charge is -2.05. The first-order valence-electron chi connectivity index (χ1n) is 8.09. The number of carboxylic acid groups (broad SMARTS) is 1. The SMILES string of the molecule is N#C/C(=C\c1ccc(-c2ccc(C(=O)O)cc2)o1)C(=O)Nc1ccccc1Br. The molecule has 0 radical (unpaired) electrons. The summed E-state index contributed by atoms with van der Waals surface area (Å²) in [6, 6.07) is 18.4. The lowest BCUT2D eigenvalue weighted by molar-refractivity contribution is -0.112. The van der Waals surface area contributed by atoms with Gasteiger partial charge in [0.1, 0.15) is 23.2 Å². The molecule has 2 N–H and O–H groups in total. The van der Waals surface area contributed by atoms with Crippen molar-refractivity contribution in [2.45, 2.75) is 0 Å². The van der Waals surface area contributed by atoms with Gasteiger partial charge >= 0.3 is 5.97 Å². The predicted molar refractivity (Wildman–Crippen MR) is 107 cm³/mol.